The second-order valence-electron chi connectivity index (χ2n) is 4.54. The molecule has 100 valence electrons. The Kier molecular flexibility index (Phi) is 4.85. The summed E-state index contributed by atoms with van der Waals surface area (Å²) >= 11 is 0. The van der Waals surface area contributed by atoms with E-state index in [-0.39, 0.29) is 5.69 Å². The molecule has 18 heavy (non-hydrogen) atoms. The van der Waals surface area contributed by atoms with E-state index in [1.165, 1.54) is 12.1 Å². The van der Waals surface area contributed by atoms with Gasteiger partial charge in [-0.15, -0.1) is 0 Å². The lowest BCUT2D eigenvalue weighted by atomic mass is 10.1. The second kappa shape index (κ2) is 6.15. The van der Waals surface area contributed by atoms with Crippen LogP contribution < -0.4 is 16.2 Å². The van der Waals surface area contributed by atoms with Gasteiger partial charge in [-0.1, -0.05) is 13.8 Å². The van der Waals surface area contributed by atoms with Gasteiger partial charge in [0.15, 0.2) is 0 Å². The Hall–Kier alpha value is -1.89. The summed E-state index contributed by atoms with van der Waals surface area (Å²) in [5, 5.41) is 11.0. The summed E-state index contributed by atoms with van der Waals surface area (Å²) in [7, 11) is 1.79. The Morgan fingerprint density at radius 2 is 2.22 bits per heavy atom. The van der Waals surface area contributed by atoms with Crippen molar-refractivity contribution in [1.82, 2.24) is 4.98 Å². The Labute approximate surface area is 106 Å². The first kappa shape index (κ1) is 14.2. The average Bonchev–Trinajstić information content (AvgIpc) is 2.34. The lowest BCUT2D eigenvalue weighted by Gasteiger charge is -2.19. The van der Waals surface area contributed by atoms with Crippen LogP contribution in [0, 0.1) is 16.0 Å². The van der Waals surface area contributed by atoms with E-state index in [0.29, 0.717) is 24.1 Å². The van der Waals surface area contributed by atoms with Crippen molar-refractivity contribution in [2.45, 2.75) is 20.3 Å². The zero-order valence-corrected chi connectivity index (χ0v) is 10.9. The second-order valence-corrected chi connectivity index (χ2v) is 4.54. The van der Waals surface area contributed by atoms with Crippen LogP contribution in [0.4, 0.5) is 17.3 Å². The van der Waals surface area contributed by atoms with Crippen molar-refractivity contribution in [3.05, 3.63) is 22.2 Å². The zero-order chi connectivity index (χ0) is 13.7. The molecule has 0 radical (unpaired) electrons. The van der Waals surface area contributed by atoms with Gasteiger partial charge in [0.25, 0.3) is 0 Å². The fourth-order valence-electron chi connectivity index (χ4n) is 1.50. The monoisotopic (exact) mass is 253 g/mol. The van der Waals surface area contributed by atoms with E-state index in [4.69, 9.17) is 5.84 Å². The quantitative estimate of drug-likeness (QED) is 0.455. The molecule has 0 amide bonds. The van der Waals surface area contributed by atoms with E-state index in [2.05, 4.69) is 24.3 Å². The van der Waals surface area contributed by atoms with E-state index < -0.39 is 4.92 Å². The van der Waals surface area contributed by atoms with Crippen LogP contribution in [0.5, 0.6) is 0 Å². The largest absolute Gasteiger partial charge is 0.354 e. The average molecular weight is 253 g/mol. The van der Waals surface area contributed by atoms with Crippen LogP contribution in [-0.4, -0.2) is 23.5 Å². The number of nitrogens with two attached hydrogens (primary N) is 1. The number of nitrogens with one attached hydrogen (secondary N) is 1. The molecule has 3 N–H and O–H groups in total. The van der Waals surface area contributed by atoms with Gasteiger partial charge in [-0.2, -0.15) is 0 Å². The first-order valence-electron chi connectivity index (χ1n) is 5.79. The number of rotatable bonds is 6. The number of hydrogen-bond donors (Lipinski definition) is 2. The molecule has 0 saturated heterocycles. The Morgan fingerprint density at radius 3 is 2.72 bits per heavy atom. The van der Waals surface area contributed by atoms with E-state index in [9.17, 15) is 10.1 Å². The predicted octanol–water partition coefficient (Wildman–Crippen LogP) is 1.76. The molecule has 0 aromatic carbocycles. The van der Waals surface area contributed by atoms with Crippen molar-refractivity contribution in [3.8, 4) is 0 Å². The maximum absolute atomic E-state index is 11.0. The number of pyridine rings is 1. The predicted molar refractivity (Wildman–Crippen MR) is 71.4 cm³/mol. The highest BCUT2D eigenvalue weighted by atomic mass is 16.6. The normalized spacial score (nSPS) is 10.5. The summed E-state index contributed by atoms with van der Waals surface area (Å²) in [4.78, 5) is 16.4. The van der Waals surface area contributed by atoms with Crippen LogP contribution >= 0.6 is 0 Å². The van der Waals surface area contributed by atoms with Gasteiger partial charge in [0.05, 0.1) is 4.92 Å². The maximum atomic E-state index is 11.0. The van der Waals surface area contributed by atoms with Crippen molar-refractivity contribution in [2.75, 3.05) is 23.9 Å². The van der Waals surface area contributed by atoms with Gasteiger partial charge in [-0.05, 0) is 18.4 Å². The summed E-state index contributed by atoms with van der Waals surface area (Å²) < 4.78 is 0. The third kappa shape index (κ3) is 3.56. The third-order valence-electron chi connectivity index (χ3n) is 2.60. The number of aromatic nitrogens is 1. The van der Waals surface area contributed by atoms with E-state index in [0.717, 1.165) is 6.42 Å². The van der Waals surface area contributed by atoms with Crippen molar-refractivity contribution in [1.29, 1.82) is 0 Å². The molecule has 0 aliphatic rings. The molecule has 0 saturated carbocycles. The lowest BCUT2D eigenvalue weighted by molar-refractivity contribution is -0.384. The molecule has 1 heterocycles. The van der Waals surface area contributed by atoms with Gasteiger partial charge in [0.2, 0.25) is 5.82 Å². The highest BCUT2D eigenvalue weighted by molar-refractivity contribution is 5.61. The number of nitro groups is 1. The van der Waals surface area contributed by atoms with Gasteiger partial charge in [0.1, 0.15) is 5.82 Å². The van der Waals surface area contributed by atoms with Crippen LogP contribution in [0.1, 0.15) is 20.3 Å². The van der Waals surface area contributed by atoms with Crippen LogP contribution in [-0.2, 0) is 0 Å². The van der Waals surface area contributed by atoms with Crippen LogP contribution in [0.25, 0.3) is 0 Å². The molecule has 0 unspecified atom stereocenters. The minimum absolute atomic E-state index is 0.0137. The van der Waals surface area contributed by atoms with Crippen LogP contribution in [0.2, 0.25) is 0 Å². The highest BCUT2D eigenvalue weighted by Gasteiger charge is 2.19. The van der Waals surface area contributed by atoms with Crippen molar-refractivity contribution >= 4 is 17.3 Å². The summed E-state index contributed by atoms with van der Waals surface area (Å²) in [6.07, 6.45) is 0.940. The first-order chi connectivity index (χ1) is 8.45. The Morgan fingerprint density at radius 1 is 1.56 bits per heavy atom. The smallest absolute Gasteiger partial charge is 0.311 e. The van der Waals surface area contributed by atoms with Crippen molar-refractivity contribution < 1.29 is 4.92 Å². The molecule has 1 rings (SSSR count). The summed E-state index contributed by atoms with van der Waals surface area (Å²) in [5.41, 5.74) is 2.38. The molecule has 0 spiro atoms. The van der Waals surface area contributed by atoms with E-state index >= 15 is 0 Å². The molecule has 1 aromatic heterocycles. The highest BCUT2D eigenvalue weighted by Crippen LogP contribution is 2.26. The van der Waals surface area contributed by atoms with E-state index in [1.807, 2.05) is 0 Å². The summed E-state index contributed by atoms with van der Waals surface area (Å²) in [6.45, 7) is 4.92. The standard InChI is InChI=1S/C11H19N5O2/c1-8(2)6-7-15(3)11-9(16(17)18)4-5-10(13-11)14-12/h4-5,8H,6-7,12H2,1-3H3,(H,13,14). The molecule has 0 aliphatic heterocycles. The van der Waals surface area contributed by atoms with Gasteiger partial charge >= 0.3 is 5.69 Å². The van der Waals surface area contributed by atoms with Crippen molar-refractivity contribution in [3.63, 3.8) is 0 Å². The molecule has 0 bridgehead atoms. The molecular formula is C11H19N5O2. The molecule has 7 heteroatoms. The molecule has 0 atom stereocenters. The zero-order valence-electron chi connectivity index (χ0n) is 10.9. The van der Waals surface area contributed by atoms with Gasteiger partial charge < -0.3 is 10.3 Å². The lowest BCUT2D eigenvalue weighted by Crippen LogP contribution is -2.23. The van der Waals surface area contributed by atoms with Gasteiger partial charge in [-0.3, -0.25) is 10.1 Å². The Balaban J connectivity index is 2.99. The molecule has 7 nitrogen and oxygen atoms in total. The molecule has 0 fully saturated rings. The summed E-state index contributed by atoms with van der Waals surface area (Å²) in [5.74, 6) is 6.54. The Bertz CT molecular complexity index is 422. The van der Waals surface area contributed by atoms with E-state index in [1.54, 1.807) is 11.9 Å². The minimum atomic E-state index is -0.436. The van der Waals surface area contributed by atoms with Crippen molar-refractivity contribution in [2.24, 2.45) is 11.8 Å². The SMILES string of the molecule is CC(C)CCN(C)c1nc(NN)ccc1[N+](=O)[O-]. The number of nitrogen functional groups attached to an aromatic ring is 1. The van der Waals surface area contributed by atoms with Gasteiger partial charge in [0, 0.05) is 19.7 Å². The number of hydrogen-bond acceptors (Lipinski definition) is 6. The maximum Gasteiger partial charge on any atom is 0.311 e. The molecule has 1 aromatic rings. The number of anilines is 2. The minimum Gasteiger partial charge on any atom is -0.354 e. The van der Waals surface area contributed by atoms with Crippen LogP contribution in [0.3, 0.4) is 0 Å². The third-order valence-corrected chi connectivity index (χ3v) is 2.60. The number of hydrazine groups is 1. The summed E-state index contributed by atoms with van der Waals surface area (Å²) in [6, 6.07) is 2.89. The topological polar surface area (TPSA) is 97.3 Å². The molecule has 0 aliphatic carbocycles. The first-order valence-corrected chi connectivity index (χ1v) is 5.79. The van der Waals surface area contributed by atoms with Crippen LogP contribution in [0.15, 0.2) is 12.1 Å². The number of nitrogens with zero attached hydrogens (tertiary/aromatic N) is 3. The fraction of sp³-hybridized carbons (Fsp3) is 0.545. The molecular weight excluding hydrogens is 234 g/mol. The van der Waals surface area contributed by atoms with Gasteiger partial charge in [-0.25, -0.2) is 10.8 Å². The fourth-order valence-corrected chi connectivity index (χ4v) is 1.50.